The van der Waals surface area contributed by atoms with Crippen LogP contribution in [0.1, 0.15) is 36.3 Å². The van der Waals surface area contributed by atoms with Gasteiger partial charge in [0.25, 0.3) is 0 Å². The van der Waals surface area contributed by atoms with Gasteiger partial charge in [-0.05, 0) is 61.6 Å². The van der Waals surface area contributed by atoms with Gasteiger partial charge in [0.05, 0.1) is 12.3 Å². The van der Waals surface area contributed by atoms with E-state index in [1.54, 1.807) is 6.26 Å². The second-order valence-corrected chi connectivity index (χ2v) is 6.17. The van der Waals surface area contributed by atoms with Gasteiger partial charge in [-0.3, -0.25) is 0 Å². The van der Waals surface area contributed by atoms with Crippen LogP contribution in [0.25, 0.3) is 0 Å². The third-order valence-electron chi connectivity index (χ3n) is 3.85. The summed E-state index contributed by atoms with van der Waals surface area (Å²) in [6, 6.07) is 11.4. The lowest BCUT2D eigenvalue weighted by Crippen LogP contribution is -2.36. The SMILES string of the molecule is C[C@@H](NC1CCc2cc(Br)ccc2C1)c1ccco1. The van der Waals surface area contributed by atoms with Gasteiger partial charge in [-0.1, -0.05) is 22.0 Å². The molecule has 3 rings (SSSR count). The zero-order chi connectivity index (χ0) is 13.2. The first-order valence-electron chi connectivity index (χ1n) is 6.79. The molecule has 0 amide bonds. The number of fused-ring (bicyclic) bond motifs is 1. The minimum absolute atomic E-state index is 0.275. The first kappa shape index (κ1) is 12.9. The monoisotopic (exact) mass is 319 g/mol. The number of furan rings is 1. The van der Waals surface area contributed by atoms with E-state index < -0.39 is 0 Å². The normalized spacial score (nSPS) is 20.0. The predicted octanol–water partition coefficient (Wildman–Crippen LogP) is 4.25. The number of nitrogens with one attached hydrogen (secondary N) is 1. The van der Waals surface area contributed by atoms with Crippen molar-refractivity contribution < 1.29 is 4.42 Å². The Bertz CT molecular complexity index is 550. The molecule has 0 fully saturated rings. The van der Waals surface area contributed by atoms with Crippen LogP contribution in [0.4, 0.5) is 0 Å². The fourth-order valence-electron chi connectivity index (χ4n) is 2.84. The van der Waals surface area contributed by atoms with Gasteiger partial charge in [-0.15, -0.1) is 0 Å². The highest BCUT2D eigenvalue weighted by Crippen LogP contribution is 2.26. The number of halogens is 1. The van der Waals surface area contributed by atoms with E-state index in [9.17, 15) is 0 Å². The topological polar surface area (TPSA) is 25.2 Å². The lowest BCUT2D eigenvalue weighted by Gasteiger charge is -2.28. The van der Waals surface area contributed by atoms with Gasteiger partial charge >= 0.3 is 0 Å². The van der Waals surface area contributed by atoms with Crippen LogP contribution in [0.3, 0.4) is 0 Å². The van der Waals surface area contributed by atoms with Crippen LogP contribution in [0.5, 0.6) is 0 Å². The van der Waals surface area contributed by atoms with Crippen molar-refractivity contribution in [1.82, 2.24) is 5.32 Å². The molecule has 2 atom stereocenters. The van der Waals surface area contributed by atoms with E-state index in [2.05, 4.69) is 46.4 Å². The predicted molar refractivity (Wildman–Crippen MR) is 80.2 cm³/mol. The van der Waals surface area contributed by atoms with Gasteiger partial charge in [0.2, 0.25) is 0 Å². The van der Waals surface area contributed by atoms with E-state index in [0.29, 0.717) is 6.04 Å². The quantitative estimate of drug-likeness (QED) is 0.914. The Balaban J connectivity index is 1.67. The molecule has 1 aromatic carbocycles. The summed E-state index contributed by atoms with van der Waals surface area (Å²) < 4.78 is 6.64. The number of hydrogen-bond acceptors (Lipinski definition) is 2. The summed E-state index contributed by atoms with van der Waals surface area (Å²) in [7, 11) is 0. The van der Waals surface area contributed by atoms with E-state index >= 15 is 0 Å². The maximum atomic E-state index is 5.45. The average Bonchev–Trinajstić information content (AvgIpc) is 2.93. The second kappa shape index (κ2) is 5.51. The molecule has 1 unspecified atom stereocenters. The van der Waals surface area contributed by atoms with Crippen molar-refractivity contribution in [1.29, 1.82) is 0 Å². The Hall–Kier alpha value is -1.06. The van der Waals surface area contributed by atoms with Crippen LogP contribution in [-0.2, 0) is 12.8 Å². The van der Waals surface area contributed by atoms with Gasteiger partial charge in [0, 0.05) is 10.5 Å². The van der Waals surface area contributed by atoms with Crippen LogP contribution >= 0.6 is 15.9 Å². The zero-order valence-corrected chi connectivity index (χ0v) is 12.6. The van der Waals surface area contributed by atoms with E-state index in [-0.39, 0.29) is 6.04 Å². The smallest absolute Gasteiger partial charge is 0.120 e. The Morgan fingerprint density at radius 3 is 3.00 bits per heavy atom. The Morgan fingerprint density at radius 1 is 1.32 bits per heavy atom. The Labute approximate surface area is 122 Å². The molecule has 0 spiro atoms. The highest BCUT2D eigenvalue weighted by molar-refractivity contribution is 9.10. The zero-order valence-electron chi connectivity index (χ0n) is 11.0. The van der Waals surface area contributed by atoms with Crippen molar-refractivity contribution in [2.75, 3.05) is 0 Å². The fourth-order valence-corrected chi connectivity index (χ4v) is 3.25. The molecule has 1 aromatic heterocycles. The van der Waals surface area contributed by atoms with Crippen molar-refractivity contribution in [3.63, 3.8) is 0 Å². The highest BCUT2D eigenvalue weighted by atomic mass is 79.9. The molecule has 2 nitrogen and oxygen atoms in total. The molecule has 2 aromatic rings. The molecule has 1 N–H and O–H groups in total. The first-order valence-corrected chi connectivity index (χ1v) is 7.58. The summed E-state index contributed by atoms with van der Waals surface area (Å²) in [5.74, 6) is 1.02. The molecule has 1 aliphatic rings. The summed E-state index contributed by atoms with van der Waals surface area (Å²) >= 11 is 3.54. The molecule has 0 saturated carbocycles. The number of aryl methyl sites for hydroxylation is 1. The van der Waals surface area contributed by atoms with Crippen molar-refractivity contribution >= 4 is 15.9 Å². The van der Waals surface area contributed by atoms with Crippen LogP contribution in [-0.4, -0.2) is 6.04 Å². The molecule has 100 valence electrons. The van der Waals surface area contributed by atoms with Crippen LogP contribution in [0, 0.1) is 0 Å². The van der Waals surface area contributed by atoms with Crippen LogP contribution < -0.4 is 5.32 Å². The van der Waals surface area contributed by atoms with Crippen LogP contribution in [0.15, 0.2) is 45.5 Å². The summed E-state index contributed by atoms with van der Waals surface area (Å²) in [6.45, 7) is 2.16. The summed E-state index contributed by atoms with van der Waals surface area (Å²) in [5, 5.41) is 3.67. The maximum Gasteiger partial charge on any atom is 0.120 e. The summed E-state index contributed by atoms with van der Waals surface area (Å²) in [5.41, 5.74) is 2.96. The molecular formula is C16H18BrNO. The third kappa shape index (κ3) is 2.93. The summed E-state index contributed by atoms with van der Waals surface area (Å²) in [4.78, 5) is 0. The third-order valence-corrected chi connectivity index (χ3v) is 4.35. The Morgan fingerprint density at radius 2 is 2.21 bits per heavy atom. The van der Waals surface area contributed by atoms with Gasteiger partial charge in [0.1, 0.15) is 5.76 Å². The first-order chi connectivity index (χ1) is 9.22. The van der Waals surface area contributed by atoms with Gasteiger partial charge in [-0.2, -0.15) is 0 Å². The van der Waals surface area contributed by atoms with E-state index in [1.807, 2.05) is 12.1 Å². The van der Waals surface area contributed by atoms with E-state index in [4.69, 9.17) is 4.42 Å². The van der Waals surface area contributed by atoms with Crippen molar-refractivity contribution in [3.8, 4) is 0 Å². The molecule has 1 aliphatic carbocycles. The highest BCUT2D eigenvalue weighted by Gasteiger charge is 2.21. The molecule has 0 aliphatic heterocycles. The maximum absolute atomic E-state index is 5.45. The van der Waals surface area contributed by atoms with E-state index in [0.717, 1.165) is 18.6 Å². The minimum atomic E-state index is 0.275. The summed E-state index contributed by atoms with van der Waals surface area (Å²) in [6.07, 6.45) is 5.18. The molecule has 1 heterocycles. The van der Waals surface area contributed by atoms with Crippen LogP contribution in [0.2, 0.25) is 0 Å². The van der Waals surface area contributed by atoms with Gasteiger partial charge in [-0.25, -0.2) is 0 Å². The molecule has 3 heteroatoms. The second-order valence-electron chi connectivity index (χ2n) is 5.26. The van der Waals surface area contributed by atoms with Crippen molar-refractivity contribution in [2.45, 2.75) is 38.3 Å². The molecule has 0 bridgehead atoms. The largest absolute Gasteiger partial charge is 0.468 e. The molecular weight excluding hydrogens is 302 g/mol. The van der Waals surface area contributed by atoms with Crippen molar-refractivity contribution in [3.05, 3.63) is 58.0 Å². The number of hydrogen-bond donors (Lipinski definition) is 1. The van der Waals surface area contributed by atoms with Crippen molar-refractivity contribution in [2.24, 2.45) is 0 Å². The Kier molecular flexibility index (Phi) is 3.76. The molecule has 0 saturated heterocycles. The average molecular weight is 320 g/mol. The molecule has 19 heavy (non-hydrogen) atoms. The lowest BCUT2D eigenvalue weighted by molar-refractivity contribution is 0.366. The van der Waals surface area contributed by atoms with E-state index in [1.165, 1.54) is 22.0 Å². The lowest BCUT2D eigenvalue weighted by atomic mass is 9.88. The van der Waals surface area contributed by atoms with Gasteiger partial charge in [0.15, 0.2) is 0 Å². The fraction of sp³-hybridized carbons (Fsp3) is 0.375. The number of rotatable bonds is 3. The number of benzene rings is 1. The standard InChI is InChI=1S/C16H18BrNO/c1-11(16-3-2-8-19-16)18-15-7-5-12-9-14(17)6-4-13(12)10-15/h2-4,6,8-9,11,15,18H,5,7,10H2,1H3/t11-,15?/m1/s1. The minimum Gasteiger partial charge on any atom is -0.468 e. The van der Waals surface area contributed by atoms with Gasteiger partial charge < -0.3 is 9.73 Å². The molecule has 0 radical (unpaired) electrons.